The summed E-state index contributed by atoms with van der Waals surface area (Å²) < 4.78 is 33.6. The number of likely N-dealkylation sites (N-methyl/N-ethyl adjacent to an activating group) is 1. The molecule has 37 heavy (non-hydrogen) atoms. The number of aliphatic hydroxyl groups is 1. The minimum absolute atomic E-state index is 0.144. The Bertz CT molecular complexity index is 1400. The molecule has 0 spiro atoms. The fraction of sp³-hybridized carbons (Fsp3) is 0.444. The summed E-state index contributed by atoms with van der Waals surface area (Å²) >= 11 is 0. The van der Waals surface area contributed by atoms with Gasteiger partial charge in [-0.25, -0.2) is 8.42 Å². The van der Waals surface area contributed by atoms with E-state index < -0.39 is 16.1 Å². The molecule has 0 bridgehead atoms. The molecule has 5 rings (SSSR count). The van der Waals surface area contributed by atoms with Gasteiger partial charge in [0.1, 0.15) is 0 Å². The lowest BCUT2D eigenvalue weighted by molar-refractivity contribution is -0.140. The highest BCUT2D eigenvalue weighted by atomic mass is 32.2. The average molecular weight is 527 g/mol. The maximum absolute atomic E-state index is 13.6. The first-order valence-electron chi connectivity index (χ1n) is 12.7. The Morgan fingerprint density at radius 2 is 1.92 bits per heavy atom. The number of aromatic amines is 1. The van der Waals surface area contributed by atoms with E-state index in [1.54, 1.807) is 17.0 Å². The number of hydrogen-bond donors (Lipinski definition) is 2. The Labute approximate surface area is 217 Å². The van der Waals surface area contributed by atoms with Crippen LogP contribution in [0.1, 0.15) is 18.4 Å². The highest BCUT2D eigenvalue weighted by Crippen LogP contribution is 2.36. The van der Waals surface area contributed by atoms with Crippen molar-refractivity contribution in [3.8, 4) is 11.3 Å². The van der Waals surface area contributed by atoms with Crippen molar-refractivity contribution in [2.24, 2.45) is 0 Å². The lowest BCUT2D eigenvalue weighted by atomic mass is 10.1. The normalized spacial score (nSPS) is 18.8. The minimum atomic E-state index is -3.93. The molecule has 0 aliphatic carbocycles. The SMILES string of the molecule is Cc1ccc2cc(-c3cc(S(=O)(=O)N(C)CC(=O)N4CCO[C@@H](CO)C4)ccc3N3CCCC3)[nH]c2c1. The molecule has 3 aromatic rings. The first-order valence-corrected chi connectivity index (χ1v) is 14.2. The van der Waals surface area contributed by atoms with Crippen molar-refractivity contribution in [2.75, 3.05) is 57.9 Å². The van der Waals surface area contributed by atoms with E-state index in [-0.39, 0.29) is 30.5 Å². The van der Waals surface area contributed by atoms with E-state index in [1.807, 2.05) is 13.0 Å². The van der Waals surface area contributed by atoms with Gasteiger partial charge in [0.2, 0.25) is 15.9 Å². The number of benzene rings is 2. The molecular formula is C27H34N4O5S. The van der Waals surface area contributed by atoms with Gasteiger partial charge in [-0.05, 0) is 55.7 Å². The molecule has 2 saturated heterocycles. The number of aryl methyl sites for hydroxylation is 1. The van der Waals surface area contributed by atoms with Crippen LogP contribution in [0.15, 0.2) is 47.4 Å². The number of aromatic nitrogens is 1. The summed E-state index contributed by atoms with van der Waals surface area (Å²) in [5.41, 5.74) is 4.85. The van der Waals surface area contributed by atoms with Crippen molar-refractivity contribution in [1.29, 1.82) is 0 Å². The number of ether oxygens (including phenoxy) is 1. The number of amides is 1. The summed E-state index contributed by atoms with van der Waals surface area (Å²) in [5, 5.41) is 10.4. The van der Waals surface area contributed by atoms with E-state index in [0.29, 0.717) is 13.2 Å². The molecule has 10 heteroatoms. The maximum atomic E-state index is 13.6. The van der Waals surface area contributed by atoms with E-state index in [2.05, 4.69) is 34.1 Å². The Morgan fingerprint density at radius 1 is 1.14 bits per heavy atom. The molecule has 0 unspecified atom stereocenters. The number of morpholine rings is 1. The van der Waals surface area contributed by atoms with E-state index >= 15 is 0 Å². The van der Waals surface area contributed by atoms with Crippen molar-refractivity contribution in [3.63, 3.8) is 0 Å². The number of nitrogens with one attached hydrogen (secondary N) is 1. The molecule has 2 aliphatic rings. The fourth-order valence-corrected chi connectivity index (χ4v) is 6.27. The Balaban J connectivity index is 1.45. The first kappa shape index (κ1) is 25.7. The molecule has 2 aliphatic heterocycles. The summed E-state index contributed by atoms with van der Waals surface area (Å²) in [6, 6.07) is 13.5. The van der Waals surface area contributed by atoms with Gasteiger partial charge in [-0.1, -0.05) is 12.1 Å². The second-order valence-electron chi connectivity index (χ2n) is 9.92. The number of sulfonamides is 1. The van der Waals surface area contributed by atoms with Crippen LogP contribution in [0.5, 0.6) is 0 Å². The Kier molecular flexibility index (Phi) is 7.26. The van der Waals surface area contributed by atoms with Crippen molar-refractivity contribution in [2.45, 2.75) is 30.8 Å². The monoisotopic (exact) mass is 526 g/mol. The number of carbonyl (C=O) groups is 1. The molecule has 0 radical (unpaired) electrons. The third kappa shape index (κ3) is 5.24. The molecule has 198 valence electrons. The predicted octanol–water partition coefficient (Wildman–Crippen LogP) is 2.58. The maximum Gasteiger partial charge on any atom is 0.243 e. The Morgan fingerprint density at radius 3 is 2.68 bits per heavy atom. The second-order valence-corrected chi connectivity index (χ2v) is 12.0. The molecule has 1 atom stereocenters. The zero-order valence-electron chi connectivity index (χ0n) is 21.3. The van der Waals surface area contributed by atoms with Gasteiger partial charge in [0.15, 0.2) is 0 Å². The van der Waals surface area contributed by atoms with Crippen LogP contribution in [0.2, 0.25) is 0 Å². The zero-order chi connectivity index (χ0) is 26.2. The Hall–Kier alpha value is -2.92. The van der Waals surface area contributed by atoms with Gasteiger partial charge in [-0.2, -0.15) is 4.31 Å². The minimum Gasteiger partial charge on any atom is -0.394 e. The molecule has 3 heterocycles. The van der Waals surface area contributed by atoms with Gasteiger partial charge in [-0.15, -0.1) is 0 Å². The van der Waals surface area contributed by atoms with Crippen molar-refractivity contribution in [3.05, 3.63) is 48.0 Å². The molecule has 1 amide bonds. The quantitative estimate of drug-likeness (QED) is 0.490. The van der Waals surface area contributed by atoms with Crippen molar-refractivity contribution >= 4 is 32.5 Å². The van der Waals surface area contributed by atoms with Crippen LogP contribution in [0.3, 0.4) is 0 Å². The van der Waals surface area contributed by atoms with Gasteiger partial charge in [0, 0.05) is 61.1 Å². The topological polar surface area (TPSA) is 106 Å². The lowest BCUT2D eigenvalue weighted by Gasteiger charge is -2.33. The molecule has 2 aromatic carbocycles. The lowest BCUT2D eigenvalue weighted by Crippen LogP contribution is -2.50. The van der Waals surface area contributed by atoms with Gasteiger partial charge < -0.3 is 24.6 Å². The third-order valence-electron chi connectivity index (χ3n) is 7.24. The summed E-state index contributed by atoms with van der Waals surface area (Å²) in [6.07, 6.45) is 1.77. The van der Waals surface area contributed by atoms with E-state index in [0.717, 1.165) is 63.6 Å². The van der Waals surface area contributed by atoms with Gasteiger partial charge >= 0.3 is 0 Å². The van der Waals surface area contributed by atoms with Crippen LogP contribution in [0.25, 0.3) is 22.2 Å². The van der Waals surface area contributed by atoms with E-state index in [9.17, 15) is 18.3 Å². The number of fused-ring (bicyclic) bond motifs is 1. The highest BCUT2D eigenvalue weighted by Gasteiger charge is 2.29. The summed E-state index contributed by atoms with van der Waals surface area (Å²) in [6.45, 7) is 4.38. The van der Waals surface area contributed by atoms with Crippen LogP contribution in [-0.4, -0.2) is 92.7 Å². The fourth-order valence-electron chi connectivity index (χ4n) is 5.12. The molecular weight excluding hydrogens is 492 g/mol. The molecule has 2 fully saturated rings. The number of hydrogen-bond acceptors (Lipinski definition) is 6. The van der Waals surface area contributed by atoms with Crippen LogP contribution < -0.4 is 4.90 Å². The van der Waals surface area contributed by atoms with Crippen LogP contribution in [0, 0.1) is 6.92 Å². The number of anilines is 1. The van der Waals surface area contributed by atoms with Crippen LogP contribution in [0.4, 0.5) is 5.69 Å². The number of carbonyl (C=O) groups excluding carboxylic acids is 1. The number of rotatable bonds is 7. The molecule has 1 aromatic heterocycles. The van der Waals surface area contributed by atoms with Crippen LogP contribution in [-0.2, 0) is 19.6 Å². The highest BCUT2D eigenvalue weighted by molar-refractivity contribution is 7.89. The van der Waals surface area contributed by atoms with Crippen molar-refractivity contribution in [1.82, 2.24) is 14.2 Å². The summed E-state index contributed by atoms with van der Waals surface area (Å²) in [5.74, 6) is -0.312. The van der Waals surface area contributed by atoms with Gasteiger partial charge in [0.05, 0.1) is 30.8 Å². The number of H-pyrrole nitrogens is 1. The molecule has 2 N–H and O–H groups in total. The average Bonchev–Trinajstić information content (AvgIpc) is 3.58. The van der Waals surface area contributed by atoms with E-state index in [4.69, 9.17) is 4.74 Å². The zero-order valence-corrected chi connectivity index (χ0v) is 22.1. The first-order chi connectivity index (χ1) is 17.8. The summed E-state index contributed by atoms with van der Waals surface area (Å²) in [7, 11) is -2.50. The van der Waals surface area contributed by atoms with Crippen molar-refractivity contribution < 1.29 is 23.1 Å². The van der Waals surface area contributed by atoms with Crippen LogP contribution >= 0.6 is 0 Å². The van der Waals surface area contributed by atoms with E-state index in [1.165, 1.54) is 7.05 Å². The van der Waals surface area contributed by atoms with Gasteiger partial charge in [0.25, 0.3) is 0 Å². The number of nitrogens with zero attached hydrogens (tertiary/aromatic N) is 3. The third-order valence-corrected chi connectivity index (χ3v) is 9.04. The summed E-state index contributed by atoms with van der Waals surface area (Å²) in [4.78, 5) is 20.3. The smallest absolute Gasteiger partial charge is 0.243 e. The van der Waals surface area contributed by atoms with Gasteiger partial charge in [-0.3, -0.25) is 4.79 Å². The number of aliphatic hydroxyl groups excluding tert-OH is 1. The standard InChI is InChI=1S/C27H34N4O5S/c1-19-5-6-20-14-25(28-24(20)13-19)23-15-22(7-8-26(23)30-9-3-4-10-30)37(34,35)29(2)17-27(33)31-11-12-36-21(16-31)18-32/h5-8,13-15,21,28,32H,3-4,9-12,16-18H2,1-2H3/t21-/m1/s1. The second kappa shape index (κ2) is 10.4. The predicted molar refractivity (Wildman–Crippen MR) is 143 cm³/mol. The molecule has 9 nitrogen and oxygen atoms in total. The molecule has 0 saturated carbocycles. The largest absolute Gasteiger partial charge is 0.394 e.